The highest BCUT2D eigenvalue weighted by atomic mass is 127. The molecule has 0 radical (unpaired) electrons. The number of unbranched alkanes of at least 4 members (excludes halogenated alkanes) is 2. The predicted octanol–water partition coefficient (Wildman–Crippen LogP) is 3.86. The molecule has 0 saturated heterocycles. The molecular weight excluding hydrogens is 275 g/mol. The van der Waals surface area contributed by atoms with Gasteiger partial charge in [-0.05, 0) is 47.2 Å². The predicted molar refractivity (Wildman–Crippen MR) is 64.2 cm³/mol. The zero-order chi connectivity index (χ0) is 9.52. The molecule has 0 unspecified atom stereocenters. The second kappa shape index (κ2) is 6.24. The van der Waals surface area contributed by atoms with Crippen molar-refractivity contribution in [3.05, 3.63) is 27.8 Å². The van der Waals surface area contributed by atoms with Gasteiger partial charge in [-0.25, -0.2) is 0 Å². The third-order valence-electron chi connectivity index (χ3n) is 1.81. The lowest BCUT2D eigenvalue weighted by Crippen LogP contribution is -1.96. The molecule has 0 fully saturated rings. The summed E-state index contributed by atoms with van der Waals surface area (Å²) in [6, 6.07) is 8.16. The molecule has 2 heteroatoms. The molecule has 1 rings (SSSR count). The molecule has 0 saturated carbocycles. The van der Waals surface area contributed by atoms with Gasteiger partial charge in [0.2, 0.25) is 0 Å². The van der Waals surface area contributed by atoms with Crippen LogP contribution in [0.15, 0.2) is 24.3 Å². The van der Waals surface area contributed by atoms with Crippen LogP contribution in [0.3, 0.4) is 0 Å². The number of hydrogen-bond acceptors (Lipinski definition) is 1. The van der Waals surface area contributed by atoms with Gasteiger partial charge in [-0.2, -0.15) is 0 Å². The Labute approximate surface area is 93.6 Å². The van der Waals surface area contributed by atoms with Gasteiger partial charge >= 0.3 is 0 Å². The fourth-order valence-electron chi connectivity index (χ4n) is 1.10. The van der Waals surface area contributed by atoms with Crippen LogP contribution in [0.25, 0.3) is 0 Å². The fourth-order valence-corrected chi connectivity index (χ4v) is 1.61. The average Bonchev–Trinajstić information content (AvgIpc) is 2.13. The Hall–Kier alpha value is -0.250. The maximum absolute atomic E-state index is 5.58. The van der Waals surface area contributed by atoms with E-state index in [1.54, 1.807) is 0 Å². The Kier molecular flexibility index (Phi) is 5.20. The van der Waals surface area contributed by atoms with Crippen LogP contribution in [0.1, 0.15) is 26.2 Å². The van der Waals surface area contributed by atoms with Crippen LogP contribution in [0.4, 0.5) is 0 Å². The van der Waals surface area contributed by atoms with Crippen molar-refractivity contribution in [3.63, 3.8) is 0 Å². The molecule has 0 atom stereocenters. The summed E-state index contributed by atoms with van der Waals surface area (Å²) < 4.78 is 6.81. The van der Waals surface area contributed by atoms with Crippen molar-refractivity contribution in [1.82, 2.24) is 0 Å². The summed E-state index contributed by atoms with van der Waals surface area (Å²) in [5, 5.41) is 0. The van der Waals surface area contributed by atoms with Crippen molar-refractivity contribution in [2.45, 2.75) is 26.2 Å². The van der Waals surface area contributed by atoms with Gasteiger partial charge in [0.05, 0.1) is 6.61 Å². The quantitative estimate of drug-likeness (QED) is 0.591. The zero-order valence-corrected chi connectivity index (χ0v) is 10.1. The first-order valence-corrected chi connectivity index (χ1v) is 5.79. The molecule has 72 valence electrons. The minimum absolute atomic E-state index is 0.841. The van der Waals surface area contributed by atoms with Gasteiger partial charge in [0.15, 0.2) is 0 Å². The van der Waals surface area contributed by atoms with Gasteiger partial charge in [-0.1, -0.05) is 25.8 Å². The minimum atomic E-state index is 0.841. The van der Waals surface area contributed by atoms with Gasteiger partial charge in [0.1, 0.15) is 5.75 Å². The second-order valence-corrected chi connectivity index (χ2v) is 4.26. The first-order valence-electron chi connectivity index (χ1n) is 4.71. The lowest BCUT2D eigenvalue weighted by atomic mass is 10.3. The van der Waals surface area contributed by atoms with Crippen LogP contribution >= 0.6 is 22.6 Å². The third-order valence-corrected chi connectivity index (χ3v) is 2.48. The van der Waals surface area contributed by atoms with E-state index in [4.69, 9.17) is 4.74 Å². The van der Waals surface area contributed by atoms with E-state index < -0.39 is 0 Å². The summed E-state index contributed by atoms with van der Waals surface area (Å²) in [5.74, 6) is 0.989. The molecule has 0 amide bonds. The average molecular weight is 290 g/mol. The van der Waals surface area contributed by atoms with Crippen LogP contribution < -0.4 is 4.74 Å². The number of rotatable bonds is 5. The number of ether oxygens (including phenoxy) is 1. The van der Waals surface area contributed by atoms with Crippen molar-refractivity contribution in [3.8, 4) is 5.75 Å². The van der Waals surface area contributed by atoms with Crippen molar-refractivity contribution < 1.29 is 4.74 Å². The maximum Gasteiger partial charge on any atom is 0.120 e. The molecule has 0 heterocycles. The van der Waals surface area contributed by atoms with Gasteiger partial charge in [-0.15, -0.1) is 0 Å². The Bertz CT molecular complexity index is 248. The molecular formula is C11H15IO. The Morgan fingerprint density at radius 2 is 2.15 bits per heavy atom. The van der Waals surface area contributed by atoms with Gasteiger partial charge in [-0.3, -0.25) is 0 Å². The summed E-state index contributed by atoms with van der Waals surface area (Å²) in [4.78, 5) is 0. The van der Waals surface area contributed by atoms with Gasteiger partial charge in [0, 0.05) is 3.57 Å². The van der Waals surface area contributed by atoms with Crippen LogP contribution in [0.2, 0.25) is 0 Å². The van der Waals surface area contributed by atoms with Crippen LogP contribution in [-0.4, -0.2) is 6.61 Å². The summed E-state index contributed by atoms with van der Waals surface area (Å²) in [5.41, 5.74) is 0. The van der Waals surface area contributed by atoms with Crippen molar-refractivity contribution in [2.24, 2.45) is 0 Å². The van der Waals surface area contributed by atoms with E-state index in [9.17, 15) is 0 Å². The molecule has 0 aliphatic carbocycles. The van der Waals surface area contributed by atoms with Gasteiger partial charge < -0.3 is 4.74 Å². The van der Waals surface area contributed by atoms with E-state index >= 15 is 0 Å². The first-order chi connectivity index (χ1) is 6.33. The topological polar surface area (TPSA) is 9.23 Å². The number of benzene rings is 1. The van der Waals surface area contributed by atoms with Gasteiger partial charge in [0.25, 0.3) is 0 Å². The summed E-state index contributed by atoms with van der Waals surface area (Å²) in [7, 11) is 0. The van der Waals surface area contributed by atoms with E-state index in [1.807, 2.05) is 12.1 Å². The molecule has 0 aromatic heterocycles. The van der Waals surface area contributed by atoms with Crippen molar-refractivity contribution >= 4 is 22.6 Å². The molecule has 0 N–H and O–H groups in total. The molecule has 0 bridgehead atoms. The Balaban J connectivity index is 2.28. The third kappa shape index (κ3) is 4.50. The molecule has 1 nitrogen and oxygen atoms in total. The van der Waals surface area contributed by atoms with Crippen LogP contribution in [0, 0.1) is 3.57 Å². The molecule has 0 aliphatic heterocycles. The normalized spacial score (nSPS) is 10.0. The lowest BCUT2D eigenvalue weighted by Gasteiger charge is -2.05. The van der Waals surface area contributed by atoms with Crippen LogP contribution in [-0.2, 0) is 0 Å². The molecule has 13 heavy (non-hydrogen) atoms. The van der Waals surface area contributed by atoms with E-state index in [0.29, 0.717) is 0 Å². The van der Waals surface area contributed by atoms with Crippen LogP contribution in [0.5, 0.6) is 5.75 Å². The smallest absolute Gasteiger partial charge is 0.120 e. The van der Waals surface area contributed by atoms with Crippen molar-refractivity contribution in [1.29, 1.82) is 0 Å². The highest BCUT2D eigenvalue weighted by Gasteiger charge is 1.93. The number of hydrogen-bond donors (Lipinski definition) is 0. The molecule has 1 aromatic rings. The van der Waals surface area contributed by atoms with E-state index in [1.165, 1.54) is 16.4 Å². The minimum Gasteiger partial charge on any atom is -0.494 e. The summed E-state index contributed by atoms with van der Waals surface area (Å²) >= 11 is 2.29. The van der Waals surface area contributed by atoms with Crippen molar-refractivity contribution in [2.75, 3.05) is 6.61 Å². The Morgan fingerprint density at radius 3 is 2.85 bits per heavy atom. The van der Waals surface area contributed by atoms with E-state index in [2.05, 4.69) is 41.6 Å². The SMILES string of the molecule is CCCCCOc1cccc(I)c1. The number of halogens is 1. The monoisotopic (exact) mass is 290 g/mol. The summed E-state index contributed by atoms with van der Waals surface area (Å²) in [6.07, 6.45) is 3.65. The second-order valence-electron chi connectivity index (χ2n) is 3.01. The zero-order valence-electron chi connectivity index (χ0n) is 7.92. The molecule has 1 aromatic carbocycles. The Morgan fingerprint density at radius 1 is 1.31 bits per heavy atom. The van der Waals surface area contributed by atoms with E-state index in [0.717, 1.165) is 18.8 Å². The highest BCUT2D eigenvalue weighted by molar-refractivity contribution is 14.1. The highest BCUT2D eigenvalue weighted by Crippen LogP contribution is 2.15. The maximum atomic E-state index is 5.58. The fraction of sp³-hybridized carbons (Fsp3) is 0.455. The standard InChI is InChI=1S/C11H15IO/c1-2-3-4-8-13-11-7-5-6-10(12)9-11/h5-7,9H,2-4,8H2,1H3. The molecule has 0 aliphatic rings. The van der Waals surface area contributed by atoms with E-state index in [-0.39, 0.29) is 0 Å². The summed E-state index contributed by atoms with van der Waals surface area (Å²) in [6.45, 7) is 3.04. The lowest BCUT2D eigenvalue weighted by molar-refractivity contribution is 0.306. The first kappa shape index (κ1) is 10.8. The largest absolute Gasteiger partial charge is 0.494 e. The molecule has 0 spiro atoms.